The average molecular weight is 670 g/mol. The van der Waals surface area contributed by atoms with Crippen molar-refractivity contribution >= 4 is 29.0 Å². The number of carbonyl (C=O) groups is 1. The van der Waals surface area contributed by atoms with Gasteiger partial charge in [-0.3, -0.25) is 0 Å². The van der Waals surface area contributed by atoms with Gasteiger partial charge in [-0.25, -0.2) is 9.80 Å². The fourth-order valence-electron chi connectivity index (χ4n) is 5.05. The lowest BCUT2D eigenvalue weighted by atomic mass is 9.69. The number of rotatable bonds is 7. The lowest BCUT2D eigenvalue weighted by Gasteiger charge is -2.32. The van der Waals surface area contributed by atoms with Gasteiger partial charge < -0.3 is 14.8 Å². The van der Waals surface area contributed by atoms with Crippen LogP contribution in [0.2, 0.25) is 5.02 Å². The molecule has 1 N–H and O–H groups in total. The number of halogens is 9. The van der Waals surface area contributed by atoms with E-state index in [-0.39, 0.29) is 29.3 Å². The second-order valence-corrected chi connectivity index (χ2v) is 10.3. The molecule has 1 aliphatic heterocycles. The molecule has 0 saturated carbocycles. The monoisotopic (exact) mass is 669 g/mol. The number of nitrogens with one attached hydrogen (secondary N) is 1. The van der Waals surface area contributed by atoms with Crippen molar-refractivity contribution in [3.63, 3.8) is 0 Å². The SMILES string of the molecule is O=C(Nc1ccc(OC(F)(F)F)cc1)N1CC(c2ccccc2)(c2ccc(OC(F)F)cc2)C(c2ccc(C(F)(F)F)c(Cl)c2)=N1. The number of urea groups is 1. The highest BCUT2D eigenvalue weighted by Crippen LogP contribution is 2.43. The lowest BCUT2D eigenvalue weighted by Crippen LogP contribution is -2.42. The molecule has 1 unspecified atom stereocenters. The summed E-state index contributed by atoms with van der Waals surface area (Å²) in [6.45, 7) is -3.33. The van der Waals surface area contributed by atoms with E-state index in [4.69, 9.17) is 11.6 Å². The molecule has 2 amide bonds. The normalized spacial score (nSPS) is 16.7. The molecule has 0 radical (unpaired) electrons. The Morgan fingerprint density at radius 1 is 0.848 bits per heavy atom. The second kappa shape index (κ2) is 12.5. The largest absolute Gasteiger partial charge is 0.573 e. The first-order valence-corrected chi connectivity index (χ1v) is 13.5. The molecule has 6 nitrogen and oxygen atoms in total. The fraction of sp³-hybridized carbons (Fsp3) is 0.161. The van der Waals surface area contributed by atoms with E-state index in [1.54, 1.807) is 30.3 Å². The standard InChI is InChI=1S/C31H20ClF8N3O3/c32-25-16-18(6-15-24(25)30(35,36)37)26-29(19-4-2-1-3-5-19,20-7-11-22(12-8-20)45-27(33)34)17-43(42-26)28(44)41-21-9-13-23(14-10-21)46-31(38,39)40/h1-16,27H,17H2,(H,41,44). The Kier molecular flexibility index (Phi) is 8.85. The third-order valence-corrected chi connectivity index (χ3v) is 7.29. The molecular weight excluding hydrogens is 650 g/mol. The quantitative estimate of drug-likeness (QED) is 0.200. The zero-order valence-electron chi connectivity index (χ0n) is 23.0. The summed E-state index contributed by atoms with van der Waals surface area (Å²) in [5.74, 6) is -0.683. The van der Waals surface area contributed by atoms with Gasteiger partial charge in [-0.2, -0.15) is 27.1 Å². The van der Waals surface area contributed by atoms with Crippen LogP contribution in [0.3, 0.4) is 0 Å². The predicted octanol–water partition coefficient (Wildman–Crippen LogP) is 9.10. The van der Waals surface area contributed by atoms with Crippen LogP contribution in [0, 0.1) is 0 Å². The molecule has 0 aliphatic carbocycles. The summed E-state index contributed by atoms with van der Waals surface area (Å²) < 4.78 is 112. The van der Waals surface area contributed by atoms with Crippen molar-refractivity contribution in [3.8, 4) is 11.5 Å². The van der Waals surface area contributed by atoms with Crippen LogP contribution in [-0.2, 0) is 11.6 Å². The minimum atomic E-state index is -4.92. The highest BCUT2D eigenvalue weighted by atomic mass is 35.5. The van der Waals surface area contributed by atoms with Gasteiger partial charge in [0.1, 0.15) is 11.5 Å². The molecule has 1 heterocycles. The van der Waals surface area contributed by atoms with E-state index in [9.17, 15) is 39.9 Å². The van der Waals surface area contributed by atoms with E-state index < -0.39 is 46.9 Å². The molecule has 15 heteroatoms. The Bertz CT molecular complexity index is 1730. The fourth-order valence-corrected chi connectivity index (χ4v) is 5.34. The van der Waals surface area contributed by atoms with Crippen LogP contribution in [-0.4, -0.2) is 36.3 Å². The van der Waals surface area contributed by atoms with Gasteiger partial charge in [0.2, 0.25) is 0 Å². The molecule has 5 rings (SSSR count). The first-order chi connectivity index (χ1) is 21.7. The maximum atomic E-state index is 13.5. The maximum Gasteiger partial charge on any atom is 0.573 e. The maximum absolute atomic E-state index is 13.5. The molecule has 46 heavy (non-hydrogen) atoms. The van der Waals surface area contributed by atoms with Gasteiger partial charge in [-0.15, -0.1) is 13.2 Å². The van der Waals surface area contributed by atoms with Gasteiger partial charge in [0.05, 0.1) is 28.3 Å². The number of ether oxygens (including phenoxy) is 2. The van der Waals surface area contributed by atoms with Gasteiger partial charge in [0, 0.05) is 11.3 Å². The molecule has 1 atom stereocenters. The first-order valence-electron chi connectivity index (χ1n) is 13.2. The minimum Gasteiger partial charge on any atom is -0.435 e. The average Bonchev–Trinajstić information content (AvgIpc) is 3.39. The summed E-state index contributed by atoms with van der Waals surface area (Å²) in [5.41, 5.74) is -1.22. The van der Waals surface area contributed by atoms with E-state index >= 15 is 0 Å². The summed E-state index contributed by atoms with van der Waals surface area (Å²) in [6, 6.07) is 20.5. The molecule has 1 aliphatic rings. The van der Waals surface area contributed by atoms with Crippen molar-refractivity contribution in [1.82, 2.24) is 5.01 Å². The van der Waals surface area contributed by atoms with Gasteiger partial charge in [-0.1, -0.05) is 60.1 Å². The van der Waals surface area contributed by atoms with E-state index in [1.807, 2.05) is 0 Å². The first kappa shape index (κ1) is 32.5. The molecule has 0 spiro atoms. The topological polar surface area (TPSA) is 63.2 Å². The van der Waals surface area contributed by atoms with Crippen molar-refractivity contribution in [2.75, 3.05) is 11.9 Å². The number of hydrazone groups is 1. The Labute approximate surface area is 260 Å². The highest BCUT2D eigenvalue weighted by molar-refractivity contribution is 6.32. The smallest absolute Gasteiger partial charge is 0.435 e. The van der Waals surface area contributed by atoms with Crippen molar-refractivity contribution in [2.24, 2.45) is 5.10 Å². The van der Waals surface area contributed by atoms with Crippen LogP contribution in [0.15, 0.2) is 102 Å². The third-order valence-electron chi connectivity index (χ3n) is 6.97. The third kappa shape index (κ3) is 7.01. The molecule has 4 aromatic rings. The number of hydrogen-bond acceptors (Lipinski definition) is 4. The predicted molar refractivity (Wildman–Crippen MR) is 152 cm³/mol. The Hall–Kier alpha value is -4.85. The van der Waals surface area contributed by atoms with E-state index in [0.29, 0.717) is 11.1 Å². The van der Waals surface area contributed by atoms with Gasteiger partial charge in [-0.05, 0) is 59.7 Å². The van der Waals surface area contributed by atoms with Crippen molar-refractivity contribution < 1.29 is 49.4 Å². The van der Waals surface area contributed by atoms with E-state index in [0.717, 1.165) is 35.3 Å². The number of alkyl halides is 8. The van der Waals surface area contributed by atoms with E-state index in [1.165, 1.54) is 36.4 Å². The zero-order chi connectivity index (χ0) is 33.3. The molecule has 0 saturated heterocycles. The number of hydrogen-bond donors (Lipinski definition) is 1. The molecular formula is C31H20ClF8N3O3. The van der Waals surface area contributed by atoms with Crippen molar-refractivity contribution in [3.05, 3.63) is 124 Å². The van der Waals surface area contributed by atoms with Crippen molar-refractivity contribution in [1.29, 1.82) is 0 Å². The summed E-state index contributed by atoms with van der Waals surface area (Å²) in [5, 5.41) is 7.40. The summed E-state index contributed by atoms with van der Waals surface area (Å²) in [6.07, 6.45) is -9.67. The Morgan fingerprint density at radius 3 is 2.02 bits per heavy atom. The van der Waals surface area contributed by atoms with Gasteiger partial charge >= 0.3 is 25.2 Å². The summed E-state index contributed by atoms with van der Waals surface area (Å²) >= 11 is 6.07. The second-order valence-electron chi connectivity index (χ2n) is 9.88. The molecule has 0 bridgehead atoms. The number of anilines is 1. The Balaban J connectivity index is 1.60. The van der Waals surface area contributed by atoms with Gasteiger partial charge in [0.15, 0.2) is 0 Å². The zero-order valence-corrected chi connectivity index (χ0v) is 23.8. The van der Waals surface area contributed by atoms with E-state index in [2.05, 4.69) is 19.9 Å². The van der Waals surface area contributed by atoms with Crippen molar-refractivity contribution in [2.45, 2.75) is 24.6 Å². The molecule has 0 fully saturated rings. The van der Waals surface area contributed by atoms with Crippen LogP contribution >= 0.6 is 11.6 Å². The molecule has 240 valence electrons. The molecule has 4 aromatic carbocycles. The number of benzene rings is 4. The number of carbonyl (C=O) groups excluding carboxylic acids is 1. The Morgan fingerprint density at radius 2 is 1.46 bits per heavy atom. The van der Waals surface area contributed by atoms with Crippen LogP contribution in [0.5, 0.6) is 11.5 Å². The number of amides is 2. The van der Waals surface area contributed by atoms with Crippen LogP contribution in [0.25, 0.3) is 0 Å². The lowest BCUT2D eigenvalue weighted by molar-refractivity contribution is -0.274. The van der Waals surface area contributed by atoms with Crippen LogP contribution in [0.4, 0.5) is 45.6 Å². The summed E-state index contributed by atoms with van der Waals surface area (Å²) in [4.78, 5) is 13.5. The number of nitrogens with zero attached hydrogens (tertiary/aromatic N) is 2. The van der Waals surface area contributed by atoms with Crippen LogP contribution < -0.4 is 14.8 Å². The van der Waals surface area contributed by atoms with Crippen LogP contribution in [0.1, 0.15) is 22.3 Å². The van der Waals surface area contributed by atoms with Gasteiger partial charge in [0.25, 0.3) is 0 Å². The molecule has 0 aromatic heterocycles. The minimum absolute atomic E-state index is 0.0829. The highest BCUT2D eigenvalue weighted by Gasteiger charge is 2.48. The summed E-state index contributed by atoms with van der Waals surface area (Å²) in [7, 11) is 0.